The Balaban J connectivity index is 1.48. The third-order valence-corrected chi connectivity index (χ3v) is 6.49. The third-order valence-electron chi connectivity index (χ3n) is 6.49. The zero-order chi connectivity index (χ0) is 27.6. The molecule has 4 rings (SSSR count). The van der Waals surface area contributed by atoms with Crippen LogP contribution >= 0.6 is 0 Å². The number of hydrogen-bond acceptors (Lipinski definition) is 6. The highest BCUT2D eigenvalue weighted by molar-refractivity contribution is 5.93. The maximum Gasteiger partial charge on any atom is 0.410 e. The van der Waals surface area contributed by atoms with Crippen LogP contribution in [-0.4, -0.2) is 58.4 Å². The van der Waals surface area contributed by atoms with Crippen molar-refractivity contribution in [2.75, 3.05) is 13.7 Å². The second-order valence-corrected chi connectivity index (χ2v) is 10.3. The van der Waals surface area contributed by atoms with Gasteiger partial charge in [0, 0.05) is 19.4 Å². The minimum Gasteiger partial charge on any atom is -0.507 e. The normalized spacial score (nSPS) is 13.3. The van der Waals surface area contributed by atoms with Crippen LogP contribution in [0, 0.1) is 0 Å². The number of fused-ring (bicyclic) bond motifs is 3. The number of aromatic hydroxyl groups is 1. The number of carbonyl (C=O) groups excluding carboxylic acids is 2. The fourth-order valence-corrected chi connectivity index (χ4v) is 4.64. The second kappa shape index (κ2) is 10.6. The highest BCUT2D eigenvalue weighted by Gasteiger charge is 2.32. The number of benzene rings is 3. The summed E-state index contributed by atoms with van der Waals surface area (Å²) in [5, 5.41) is 20.0. The molecule has 0 saturated heterocycles. The molecule has 0 bridgehead atoms. The SMILES string of the molecule is CN(C(=O)OCC1c2ccccc2-c2ccccc21)[C@@H](Cc1ccc(O)c(C(=O)OC(C)(C)C)c1)C(=O)O. The average Bonchev–Trinajstić information content (AvgIpc) is 3.18. The Morgan fingerprint density at radius 3 is 2.08 bits per heavy atom. The van der Waals surface area contributed by atoms with Gasteiger partial charge in [0.25, 0.3) is 0 Å². The number of esters is 1. The number of phenolic OH excluding ortho intramolecular Hbond substituents is 1. The number of amides is 1. The van der Waals surface area contributed by atoms with Gasteiger partial charge in [0.15, 0.2) is 0 Å². The molecule has 0 unspecified atom stereocenters. The van der Waals surface area contributed by atoms with Gasteiger partial charge < -0.3 is 19.7 Å². The highest BCUT2D eigenvalue weighted by Crippen LogP contribution is 2.44. The van der Waals surface area contributed by atoms with E-state index in [-0.39, 0.29) is 30.3 Å². The van der Waals surface area contributed by atoms with Gasteiger partial charge in [-0.15, -0.1) is 0 Å². The lowest BCUT2D eigenvalue weighted by atomic mass is 9.98. The lowest BCUT2D eigenvalue weighted by Crippen LogP contribution is -2.44. The van der Waals surface area contributed by atoms with E-state index in [0.29, 0.717) is 5.56 Å². The first-order valence-electron chi connectivity index (χ1n) is 12.3. The number of carboxylic acids is 1. The quantitative estimate of drug-likeness (QED) is 0.413. The van der Waals surface area contributed by atoms with Crippen molar-refractivity contribution in [3.8, 4) is 16.9 Å². The molecule has 38 heavy (non-hydrogen) atoms. The zero-order valence-corrected chi connectivity index (χ0v) is 21.8. The Morgan fingerprint density at radius 2 is 1.53 bits per heavy atom. The van der Waals surface area contributed by atoms with E-state index in [4.69, 9.17) is 9.47 Å². The number of ether oxygens (including phenoxy) is 2. The molecule has 1 atom stereocenters. The minimum atomic E-state index is -1.26. The number of phenols is 1. The molecule has 0 spiro atoms. The smallest absolute Gasteiger partial charge is 0.410 e. The Labute approximate surface area is 221 Å². The van der Waals surface area contributed by atoms with Crippen LogP contribution in [0.4, 0.5) is 4.79 Å². The van der Waals surface area contributed by atoms with Crippen LogP contribution in [0.3, 0.4) is 0 Å². The van der Waals surface area contributed by atoms with Crippen LogP contribution in [0.1, 0.15) is 53.7 Å². The average molecular weight is 518 g/mol. The summed E-state index contributed by atoms with van der Waals surface area (Å²) in [6.07, 6.45) is -0.878. The van der Waals surface area contributed by atoms with E-state index >= 15 is 0 Å². The van der Waals surface area contributed by atoms with Gasteiger partial charge in [-0.1, -0.05) is 54.6 Å². The van der Waals surface area contributed by atoms with Gasteiger partial charge in [-0.25, -0.2) is 14.4 Å². The molecule has 2 N–H and O–H groups in total. The van der Waals surface area contributed by atoms with Crippen molar-refractivity contribution in [1.29, 1.82) is 0 Å². The Hall–Kier alpha value is -4.33. The Bertz CT molecular complexity index is 1330. The van der Waals surface area contributed by atoms with Gasteiger partial charge >= 0.3 is 18.0 Å². The van der Waals surface area contributed by atoms with Gasteiger partial charge in [0.2, 0.25) is 0 Å². The molecule has 0 radical (unpaired) electrons. The predicted octanol–water partition coefficient (Wildman–Crippen LogP) is 5.22. The first kappa shape index (κ1) is 26.7. The molecule has 8 nitrogen and oxygen atoms in total. The maximum absolute atomic E-state index is 13.0. The molecule has 1 aliphatic carbocycles. The van der Waals surface area contributed by atoms with Gasteiger partial charge in [0.05, 0.1) is 0 Å². The first-order chi connectivity index (χ1) is 18.0. The fraction of sp³-hybridized carbons (Fsp3) is 0.300. The molecule has 1 aliphatic rings. The van der Waals surface area contributed by atoms with Crippen LogP contribution in [0.2, 0.25) is 0 Å². The number of carboxylic acid groups (broad SMARTS) is 1. The summed E-state index contributed by atoms with van der Waals surface area (Å²) in [6.45, 7) is 5.17. The summed E-state index contributed by atoms with van der Waals surface area (Å²) >= 11 is 0. The van der Waals surface area contributed by atoms with E-state index in [1.165, 1.54) is 25.2 Å². The third kappa shape index (κ3) is 5.64. The standard InChI is InChI=1S/C30H31NO7/c1-30(2,3)38-28(35)23-15-18(13-14-26(23)32)16-25(27(33)34)31(4)29(36)37-17-24-21-11-7-5-9-19(21)20-10-6-8-12-22(20)24/h5-15,24-25,32H,16-17H2,1-4H3,(H,33,34)/t25-/m0/s1. The summed E-state index contributed by atoms with van der Waals surface area (Å²) in [4.78, 5) is 38.6. The minimum absolute atomic E-state index is 0.0611. The van der Waals surface area contributed by atoms with Gasteiger partial charge in [0.1, 0.15) is 29.6 Å². The molecule has 0 saturated carbocycles. The molecule has 0 aromatic heterocycles. The van der Waals surface area contributed by atoms with E-state index < -0.39 is 29.7 Å². The van der Waals surface area contributed by atoms with E-state index in [0.717, 1.165) is 27.2 Å². The summed E-state index contributed by atoms with van der Waals surface area (Å²) in [6, 6.07) is 18.8. The van der Waals surface area contributed by atoms with Crippen molar-refractivity contribution < 1.29 is 34.1 Å². The highest BCUT2D eigenvalue weighted by atomic mass is 16.6. The number of carbonyl (C=O) groups is 3. The van der Waals surface area contributed by atoms with Gasteiger partial charge in [-0.3, -0.25) is 4.90 Å². The van der Waals surface area contributed by atoms with Crippen molar-refractivity contribution in [3.63, 3.8) is 0 Å². The van der Waals surface area contributed by atoms with Crippen LogP contribution in [0.15, 0.2) is 66.7 Å². The molecule has 0 heterocycles. The Morgan fingerprint density at radius 1 is 0.947 bits per heavy atom. The number of hydrogen-bond donors (Lipinski definition) is 2. The lowest BCUT2D eigenvalue weighted by molar-refractivity contribution is -0.142. The Kier molecular flexibility index (Phi) is 7.44. The van der Waals surface area contributed by atoms with E-state index in [1.807, 2.05) is 48.5 Å². The largest absolute Gasteiger partial charge is 0.507 e. The number of likely N-dealkylation sites (N-methyl/N-ethyl adjacent to an activating group) is 1. The van der Waals surface area contributed by atoms with E-state index in [1.54, 1.807) is 20.8 Å². The molecule has 3 aromatic rings. The molecule has 0 aliphatic heterocycles. The summed E-state index contributed by atoms with van der Waals surface area (Å²) in [5.41, 5.74) is 3.88. The van der Waals surface area contributed by atoms with Crippen LogP contribution in [-0.2, 0) is 20.7 Å². The molecular weight excluding hydrogens is 486 g/mol. The second-order valence-electron chi connectivity index (χ2n) is 10.3. The number of nitrogens with zero attached hydrogens (tertiary/aromatic N) is 1. The summed E-state index contributed by atoms with van der Waals surface area (Å²) in [7, 11) is 1.37. The summed E-state index contributed by atoms with van der Waals surface area (Å²) < 4.78 is 10.9. The molecule has 198 valence electrons. The first-order valence-corrected chi connectivity index (χ1v) is 12.3. The van der Waals surface area contributed by atoms with E-state index in [9.17, 15) is 24.6 Å². The van der Waals surface area contributed by atoms with Gasteiger partial charge in [-0.2, -0.15) is 0 Å². The zero-order valence-electron chi connectivity index (χ0n) is 21.8. The molecule has 8 heteroatoms. The molecular formula is C30H31NO7. The summed E-state index contributed by atoms with van der Waals surface area (Å²) in [5.74, 6) is -2.39. The topological polar surface area (TPSA) is 113 Å². The van der Waals surface area contributed by atoms with Crippen molar-refractivity contribution in [2.45, 2.75) is 44.8 Å². The maximum atomic E-state index is 13.0. The van der Waals surface area contributed by atoms with Crippen molar-refractivity contribution in [2.24, 2.45) is 0 Å². The number of aliphatic carboxylic acids is 1. The predicted molar refractivity (Wildman–Crippen MR) is 141 cm³/mol. The monoisotopic (exact) mass is 517 g/mol. The molecule has 3 aromatic carbocycles. The van der Waals surface area contributed by atoms with Crippen molar-refractivity contribution in [3.05, 3.63) is 89.0 Å². The van der Waals surface area contributed by atoms with Crippen molar-refractivity contribution >= 4 is 18.0 Å². The molecule has 1 amide bonds. The fourth-order valence-electron chi connectivity index (χ4n) is 4.64. The molecule has 0 fully saturated rings. The van der Waals surface area contributed by atoms with Crippen LogP contribution < -0.4 is 0 Å². The van der Waals surface area contributed by atoms with Crippen LogP contribution in [0.25, 0.3) is 11.1 Å². The van der Waals surface area contributed by atoms with Crippen LogP contribution in [0.5, 0.6) is 5.75 Å². The lowest BCUT2D eigenvalue weighted by Gasteiger charge is -2.25. The number of rotatable bonds is 7. The van der Waals surface area contributed by atoms with Crippen molar-refractivity contribution in [1.82, 2.24) is 4.90 Å². The van der Waals surface area contributed by atoms with Gasteiger partial charge in [-0.05, 0) is 60.7 Å². The van der Waals surface area contributed by atoms with E-state index in [2.05, 4.69) is 0 Å².